The maximum atomic E-state index is 14.4. The molecule has 0 spiro atoms. The zero-order chi connectivity index (χ0) is 30.8. The smallest absolute Gasteiger partial charge is 0.244 e. The Balaban J connectivity index is 1.49. The Hall–Kier alpha value is -4.44. The zero-order valence-electron chi connectivity index (χ0n) is 24.0. The van der Waals surface area contributed by atoms with Crippen molar-refractivity contribution >= 4 is 32.5 Å². The predicted molar refractivity (Wildman–Crippen MR) is 157 cm³/mol. The van der Waals surface area contributed by atoms with Gasteiger partial charge >= 0.3 is 0 Å². The van der Waals surface area contributed by atoms with Gasteiger partial charge in [0.1, 0.15) is 40.3 Å². The minimum absolute atomic E-state index is 0.00395. The Bertz CT molecular complexity index is 1930. The van der Waals surface area contributed by atoms with E-state index in [1.165, 1.54) is 30.1 Å². The summed E-state index contributed by atoms with van der Waals surface area (Å²) in [7, 11) is -1.84. The quantitative estimate of drug-likeness (QED) is 0.344. The highest BCUT2D eigenvalue weighted by atomic mass is 32.2. The number of nitriles is 1. The van der Waals surface area contributed by atoms with Gasteiger partial charge in [0.25, 0.3) is 0 Å². The van der Waals surface area contributed by atoms with Gasteiger partial charge in [0.15, 0.2) is 9.84 Å². The van der Waals surface area contributed by atoms with Crippen molar-refractivity contribution in [1.82, 2.24) is 24.6 Å². The third-order valence-corrected chi connectivity index (χ3v) is 11.2. The molecule has 0 bridgehead atoms. The molecule has 13 heteroatoms. The lowest BCUT2D eigenvalue weighted by Gasteiger charge is -2.48. The van der Waals surface area contributed by atoms with Crippen LogP contribution in [0.25, 0.3) is 33.3 Å². The molecule has 4 heterocycles. The Labute approximate surface area is 247 Å². The minimum atomic E-state index is -3.50. The van der Waals surface area contributed by atoms with Crippen molar-refractivity contribution in [3.8, 4) is 28.5 Å². The third-order valence-electron chi connectivity index (χ3n) is 8.72. The van der Waals surface area contributed by atoms with E-state index in [2.05, 4.69) is 21.1 Å². The molecule has 4 aromatic rings. The van der Waals surface area contributed by atoms with Crippen LogP contribution in [0.2, 0.25) is 0 Å². The normalized spacial score (nSPS) is 23.2. The number of hydrogen-bond acceptors (Lipinski definition) is 8. The molecule has 2 aliphatic heterocycles. The van der Waals surface area contributed by atoms with Gasteiger partial charge < -0.3 is 9.80 Å². The van der Waals surface area contributed by atoms with Crippen LogP contribution in [0, 0.1) is 23.0 Å². The van der Waals surface area contributed by atoms with E-state index in [4.69, 9.17) is 0 Å². The van der Waals surface area contributed by atoms with Crippen LogP contribution in [0.15, 0.2) is 42.7 Å². The van der Waals surface area contributed by atoms with Gasteiger partial charge in [0.2, 0.25) is 5.91 Å². The number of carbonyl (C=O) groups is 1. The molecule has 0 radical (unpaired) electrons. The second-order valence-electron chi connectivity index (χ2n) is 11.5. The second-order valence-corrected chi connectivity index (χ2v) is 14.0. The Morgan fingerprint density at radius 2 is 1.74 bits per heavy atom. The van der Waals surface area contributed by atoms with E-state index in [9.17, 15) is 27.3 Å². The summed E-state index contributed by atoms with van der Waals surface area (Å²) < 4.78 is 53.9. The lowest BCUT2D eigenvalue weighted by atomic mass is 9.95. The van der Waals surface area contributed by atoms with Crippen molar-refractivity contribution in [1.29, 1.82) is 5.26 Å². The molecule has 3 atom stereocenters. The average Bonchev–Trinajstić information content (AvgIpc) is 3.35. The molecule has 0 saturated carbocycles. The van der Waals surface area contributed by atoms with Crippen LogP contribution in [0.5, 0.6) is 0 Å². The highest BCUT2D eigenvalue weighted by Gasteiger charge is 2.56. The maximum Gasteiger partial charge on any atom is 0.244 e. The van der Waals surface area contributed by atoms with Gasteiger partial charge in [-0.05, 0) is 56.5 Å². The van der Waals surface area contributed by atoms with Crippen molar-refractivity contribution < 1.29 is 22.0 Å². The standard InChI is InChI=1S/C30H29F2N7O3S/c1-17-15-39(29(40)30(3)7-8-43(30,41)42)18(2)14-38(17)28-26-23(19-9-20(31)11-21(32)10-19)5-6-24(27(26)34-16-35-28)25-12-22(13-33)37(4)36-25/h5-6,9-12,16-18H,7-8,14-15H2,1-4H3/t17-,18+,30-/m0/s1. The van der Waals surface area contributed by atoms with Gasteiger partial charge in [-0.2, -0.15) is 10.4 Å². The van der Waals surface area contributed by atoms with E-state index in [-0.39, 0.29) is 24.4 Å². The van der Waals surface area contributed by atoms with E-state index in [0.29, 0.717) is 57.8 Å². The Morgan fingerprint density at radius 3 is 2.35 bits per heavy atom. The molecule has 2 aromatic carbocycles. The number of carbonyl (C=O) groups excluding carboxylic acids is 1. The van der Waals surface area contributed by atoms with Crippen LogP contribution in [0.3, 0.4) is 0 Å². The number of halogens is 2. The first-order chi connectivity index (χ1) is 20.3. The van der Waals surface area contributed by atoms with Crippen molar-refractivity contribution in [2.24, 2.45) is 7.05 Å². The number of nitrogens with zero attached hydrogens (tertiary/aromatic N) is 7. The summed E-state index contributed by atoms with van der Waals surface area (Å²) in [4.78, 5) is 26.3. The van der Waals surface area contributed by atoms with Crippen LogP contribution < -0.4 is 4.90 Å². The van der Waals surface area contributed by atoms with E-state index in [1.54, 1.807) is 30.1 Å². The van der Waals surface area contributed by atoms with E-state index < -0.39 is 32.1 Å². The van der Waals surface area contributed by atoms with E-state index >= 15 is 0 Å². The van der Waals surface area contributed by atoms with Gasteiger partial charge in [-0.15, -0.1) is 0 Å². The summed E-state index contributed by atoms with van der Waals surface area (Å²) in [5.74, 6) is -1.36. The predicted octanol–water partition coefficient (Wildman–Crippen LogP) is 3.85. The Kier molecular flexibility index (Phi) is 6.72. The summed E-state index contributed by atoms with van der Waals surface area (Å²) in [5, 5.41) is 14.5. The largest absolute Gasteiger partial charge is 0.349 e. The van der Waals surface area contributed by atoms with Gasteiger partial charge in [0.05, 0.1) is 22.3 Å². The van der Waals surface area contributed by atoms with Gasteiger partial charge in [-0.3, -0.25) is 9.48 Å². The number of aryl methyl sites for hydroxylation is 1. The Morgan fingerprint density at radius 1 is 1.05 bits per heavy atom. The van der Waals surface area contributed by atoms with Crippen molar-refractivity contribution in [3.05, 3.63) is 60.1 Å². The van der Waals surface area contributed by atoms with Crippen molar-refractivity contribution in [3.63, 3.8) is 0 Å². The van der Waals surface area contributed by atoms with Gasteiger partial charge in [-0.1, -0.05) is 6.07 Å². The molecule has 0 unspecified atom stereocenters. The highest BCUT2D eigenvalue weighted by molar-refractivity contribution is 7.95. The molecule has 2 fully saturated rings. The summed E-state index contributed by atoms with van der Waals surface area (Å²) in [6, 6.07) is 9.87. The summed E-state index contributed by atoms with van der Waals surface area (Å²) >= 11 is 0. The number of piperazine rings is 1. The molecule has 43 heavy (non-hydrogen) atoms. The van der Waals surface area contributed by atoms with Crippen molar-refractivity contribution in [2.75, 3.05) is 23.7 Å². The highest BCUT2D eigenvalue weighted by Crippen LogP contribution is 2.41. The van der Waals surface area contributed by atoms with E-state index in [1.807, 2.05) is 18.7 Å². The molecule has 1 amide bonds. The first kappa shape index (κ1) is 28.7. The molecule has 2 aliphatic rings. The van der Waals surface area contributed by atoms with Crippen LogP contribution in [0.4, 0.5) is 14.6 Å². The van der Waals surface area contributed by atoms with Crippen LogP contribution in [-0.4, -0.2) is 74.6 Å². The number of rotatable bonds is 4. The maximum absolute atomic E-state index is 14.4. The molecule has 2 aromatic heterocycles. The fourth-order valence-electron chi connectivity index (χ4n) is 6.06. The van der Waals surface area contributed by atoms with Crippen molar-refractivity contribution in [2.45, 2.75) is 44.0 Å². The number of anilines is 1. The molecule has 0 aliphatic carbocycles. The summed E-state index contributed by atoms with van der Waals surface area (Å²) in [5.41, 5.74) is 2.71. The first-order valence-corrected chi connectivity index (χ1v) is 15.5. The molecule has 10 nitrogen and oxygen atoms in total. The molecular formula is C30H29F2N7O3S. The SMILES string of the molecule is C[C@@H]1CN(c2ncnc3c(-c4cc(C#N)n(C)n4)ccc(-c4cc(F)cc(F)c4)c23)[C@@H](C)CN1C(=O)[C@]1(C)CCS1(=O)=O. The molecule has 6 rings (SSSR count). The monoisotopic (exact) mass is 605 g/mol. The second kappa shape index (κ2) is 10.1. The molecule has 2 saturated heterocycles. The summed E-state index contributed by atoms with van der Waals surface area (Å²) in [6.07, 6.45) is 1.70. The van der Waals surface area contributed by atoms with E-state index in [0.717, 1.165) is 6.07 Å². The minimum Gasteiger partial charge on any atom is -0.349 e. The number of amides is 1. The lowest BCUT2D eigenvalue weighted by molar-refractivity contribution is -0.137. The van der Waals surface area contributed by atoms with Crippen LogP contribution in [0.1, 0.15) is 32.9 Å². The number of hydrogen-bond donors (Lipinski definition) is 0. The molecular weight excluding hydrogens is 576 g/mol. The molecule has 222 valence electrons. The third kappa shape index (κ3) is 4.52. The number of benzene rings is 2. The van der Waals surface area contributed by atoms with Gasteiger partial charge in [-0.25, -0.2) is 27.2 Å². The number of sulfone groups is 1. The fourth-order valence-corrected chi connectivity index (χ4v) is 7.59. The van der Waals surface area contributed by atoms with Crippen LogP contribution >= 0.6 is 0 Å². The topological polar surface area (TPSA) is 125 Å². The van der Waals surface area contributed by atoms with Crippen LogP contribution in [-0.2, 0) is 21.7 Å². The summed E-state index contributed by atoms with van der Waals surface area (Å²) in [6.45, 7) is 5.86. The first-order valence-electron chi connectivity index (χ1n) is 13.8. The zero-order valence-corrected chi connectivity index (χ0v) is 24.9. The molecule has 0 N–H and O–H groups in total. The number of fused-ring (bicyclic) bond motifs is 1. The lowest BCUT2D eigenvalue weighted by Crippen LogP contribution is -2.66. The van der Waals surface area contributed by atoms with Gasteiger partial charge in [0, 0.05) is 49.9 Å². The number of aromatic nitrogens is 4. The fraction of sp³-hybridized carbons (Fsp3) is 0.367. The average molecular weight is 606 g/mol.